The van der Waals surface area contributed by atoms with Crippen LogP contribution in [0.25, 0.3) is 10.9 Å². The number of aromatic nitrogens is 1. The topological polar surface area (TPSA) is 41.8 Å². The molecule has 2 rings (SSSR count). The third-order valence-electron chi connectivity index (χ3n) is 3.44. The van der Waals surface area contributed by atoms with Crippen LogP contribution in [0.3, 0.4) is 0 Å². The van der Waals surface area contributed by atoms with Gasteiger partial charge in [0, 0.05) is 22.5 Å². The predicted molar refractivity (Wildman–Crippen MR) is 74.3 cm³/mol. The molecule has 1 aromatic heterocycles. The van der Waals surface area contributed by atoms with Crippen molar-refractivity contribution in [1.82, 2.24) is 4.98 Å². The maximum absolute atomic E-state index is 5.60. The van der Waals surface area contributed by atoms with Crippen LogP contribution in [0.2, 0.25) is 0 Å². The summed E-state index contributed by atoms with van der Waals surface area (Å²) in [6.07, 6.45) is 4.96. The molecule has 0 unspecified atom stereocenters. The van der Waals surface area contributed by atoms with Crippen molar-refractivity contribution in [3.63, 3.8) is 0 Å². The van der Waals surface area contributed by atoms with Gasteiger partial charge in [0.15, 0.2) is 0 Å². The number of nitrogens with two attached hydrogens (primary N) is 1. The Morgan fingerprint density at radius 3 is 2.82 bits per heavy atom. The van der Waals surface area contributed by atoms with Crippen LogP contribution in [-0.4, -0.2) is 11.5 Å². The zero-order chi connectivity index (χ0) is 12.5. The molecular formula is C15H20N2. The molecule has 3 N–H and O–H groups in total. The van der Waals surface area contributed by atoms with Gasteiger partial charge in [-0.05, 0) is 30.2 Å². The van der Waals surface area contributed by atoms with Gasteiger partial charge in [-0.1, -0.05) is 32.1 Å². The van der Waals surface area contributed by atoms with E-state index in [9.17, 15) is 0 Å². The molecule has 2 nitrogen and oxygen atoms in total. The summed E-state index contributed by atoms with van der Waals surface area (Å²) < 4.78 is 0. The van der Waals surface area contributed by atoms with E-state index < -0.39 is 0 Å². The average molecular weight is 228 g/mol. The Kier molecular flexibility index (Phi) is 3.07. The molecule has 17 heavy (non-hydrogen) atoms. The van der Waals surface area contributed by atoms with Crippen molar-refractivity contribution in [2.45, 2.75) is 25.7 Å². The summed E-state index contributed by atoms with van der Waals surface area (Å²) in [6.45, 7) is 8.93. The lowest BCUT2D eigenvalue weighted by molar-refractivity contribution is 0.673. The van der Waals surface area contributed by atoms with Crippen molar-refractivity contribution in [2.75, 3.05) is 6.54 Å². The normalized spacial score (nSPS) is 11.9. The summed E-state index contributed by atoms with van der Waals surface area (Å²) in [7, 11) is 0. The first kappa shape index (κ1) is 11.9. The SMILES string of the molecule is C=CC(C)(C)c1ccc2c(CCN)c[nH]c2c1. The minimum absolute atomic E-state index is 0.00727. The molecule has 1 aromatic carbocycles. The predicted octanol–water partition coefficient (Wildman–Crippen LogP) is 3.13. The third-order valence-corrected chi connectivity index (χ3v) is 3.44. The van der Waals surface area contributed by atoms with Gasteiger partial charge >= 0.3 is 0 Å². The van der Waals surface area contributed by atoms with Gasteiger partial charge in [-0.2, -0.15) is 0 Å². The van der Waals surface area contributed by atoms with Gasteiger partial charge in [0.05, 0.1) is 0 Å². The molecule has 0 fully saturated rings. The fourth-order valence-electron chi connectivity index (χ4n) is 2.07. The van der Waals surface area contributed by atoms with Gasteiger partial charge in [0.2, 0.25) is 0 Å². The molecular weight excluding hydrogens is 208 g/mol. The summed E-state index contributed by atoms with van der Waals surface area (Å²) >= 11 is 0. The first-order valence-electron chi connectivity index (χ1n) is 6.02. The van der Waals surface area contributed by atoms with Crippen LogP contribution < -0.4 is 5.73 Å². The number of H-pyrrole nitrogens is 1. The highest BCUT2D eigenvalue weighted by Gasteiger charge is 2.16. The Labute approximate surface area is 103 Å². The van der Waals surface area contributed by atoms with E-state index in [0.717, 1.165) is 6.42 Å². The second-order valence-corrected chi connectivity index (χ2v) is 5.04. The molecule has 0 saturated heterocycles. The first-order chi connectivity index (χ1) is 8.08. The zero-order valence-corrected chi connectivity index (χ0v) is 10.6. The Balaban J connectivity index is 2.49. The molecule has 2 heteroatoms. The van der Waals surface area contributed by atoms with Crippen LogP contribution in [0.4, 0.5) is 0 Å². The van der Waals surface area contributed by atoms with Crippen LogP contribution in [0.1, 0.15) is 25.0 Å². The molecule has 0 aliphatic rings. The maximum atomic E-state index is 5.60. The number of benzene rings is 1. The van der Waals surface area contributed by atoms with Crippen LogP contribution in [-0.2, 0) is 11.8 Å². The van der Waals surface area contributed by atoms with Gasteiger partial charge in [0.1, 0.15) is 0 Å². The smallest absolute Gasteiger partial charge is 0.0459 e. The van der Waals surface area contributed by atoms with Crippen LogP contribution in [0.5, 0.6) is 0 Å². The summed E-state index contributed by atoms with van der Waals surface area (Å²) in [6, 6.07) is 6.56. The lowest BCUT2D eigenvalue weighted by Gasteiger charge is -2.20. The molecule has 0 atom stereocenters. The van der Waals surface area contributed by atoms with Gasteiger partial charge in [-0.3, -0.25) is 0 Å². The van der Waals surface area contributed by atoms with E-state index in [1.807, 2.05) is 6.08 Å². The lowest BCUT2D eigenvalue weighted by Crippen LogP contribution is -2.12. The standard InChI is InChI=1S/C15H20N2/c1-4-15(2,3)12-5-6-13-11(7-8-16)10-17-14(13)9-12/h4-6,9-10,17H,1,7-8,16H2,2-3H3. The van der Waals surface area contributed by atoms with Crippen molar-refractivity contribution in [1.29, 1.82) is 0 Å². The van der Waals surface area contributed by atoms with E-state index in [1.165, 1.54) is 22.0 Å². The van der Waals surface area contributed by atoms with E-state index in [1.54, 1.807) is 0 Å². The minimum atomic E-state index is 0.00727. The Bertz CT molecular complexity index is 535. The van der Waals surface area contributed by atoms with E-state index in [2.05, 4.69) is 49.8 Å². The fraction of sp³-hybridized carbons (Fsp3) is 0.333. The van der Waals surface area contributed by atoms with Crippen molar-refractivity contribution in [2.24, 2.45) is 5.73 Å². The van der Waals surface area contributed by atoms with Crippen molar-refractivity contribution >= 4 is 10.9 Å². The van der Waals surface area contributed by atoms with E-state index in [-0.39, 0.29) is 5.41 Å². The maximum Gasteiger partial charge on any atom is 0.0459 e. The quantitative estimate of drug-likeness (QED) is 0.776. The molecule has 0 radical (unpaired) electrons. The lowest BCUT2D eigenvalue weighted by atomic mass is 9.84. The molecule has 0 aliphatic carbocycles. The highest BCUT2D eigenvalue weighted by Crippen LogP contribution is 2.28. The van der Waals surface area contributed by atoms with E-state index >= 15 is 0 Å². The van der Waals surface area contributed by atoms with Gasteiger partial charge in [-0.15, -0.1) is 6.58 Å². The number of aromatic amines is 1. The van der Waals surface area contributed by atoms with Crippen LogP contribution in [0, 0.1) is 0 Å². The molecule has 0 amide bonds. The van der Waals surface area contributed by atoms with Gasteiger partial charge < -0.3 is 10.7 Å². The summed E-state index contributed by atoms with van der Waals surface area (Å²) in [4.78, 5) is 3.32. The van der Waals surface area contributed by atoms with Crippen molar-refractivity contribution in [3.8, 4) is 0 Å². The van der Waals surface area contributed by atoms with E-state index in [0.29, 0.717) is 6.54 Å². The second kappa shape index (κ2) is 4.38. The average Bonchev–Trinajstić information content (AvgIpc) is 2.72. The Morgan fingerprint density at radius 1 is 1.41 bits per heavy atom. The van der Waals surface area contributed by atoms with Gasteiger partial charge in [0.25, 0.3) is 0 Å². The largest absolute Gasteiger partial charge is 0.361 e. The molecule has 2 aromatic rings. The van der Waals surface area contributed by atoms with Crippen LogP contribution in [0.15, 0.2) is 37.1 Å². The molecule has 0 saturated carbocycles. The monoisotopic (exact) mass is 228 g/mol. The molecule has 1 heterocycles. The molecule has 0 spiro atoms. The Hall–Kier alpha value is -1.54. The fourth-order valence-corrected chi connectivity index (χ4v) is 2.07. The van der Waals surface area contributed by atoms with Gasteiger partial charge in [-0.25, -0.2) is 0 Å². The zero-order valence-electron chi connectivity index (χ0n) is 10.6. The Morgan fingerprint density at radius 2 is 2.18 bits per heavy atom. The van der Waals surface area contributed by atoms with Crippen molar-refractivity contribution in [3.05, 3.63) is 48.2 Å². The summed E-state index contributed by atoms with van der Waals surface area (Å²) in [5, 5.41) is 1.28. The number of hydrogen-bond donors (Lipinski definition) is 2. The minimum Gasteiger partial charge on any atom is -0.361 e. The number of nitrogens with one attached hydrogen (secondary N) is 1. The highest BCUT2D eigenvalue weighted by molar-refractivity contribution is 5.84. The second-order valence-electron chi connectivity index (χ2n) is 5.04. The van der Waals surface area contributed by atoms with Crippen LogP contribution >= 0.6 is 0 Å². The highest BCUT2D eigenvalue weighted by atomic mass is 14.7. The summed E-state index contributed by atoms with van der Waals surface area (Å²) in [5.74, 6) is 0. The van der Waals surface area contributed by atoms with Crippen molar-refractivity contribution < 1.29 is 0 Å². The molecule has 90 valence electrons. The number of fused-ring (bicyclic) bond motifs is 1. The molecule has 0 aliphatic heterocycles. The summed E-state index contributed by atoms with van der Waals surface area (Å²) in [5.41, 5.74) is 9.37. The number of hydrogen-bond acceptors (Lipinski definition) is 1. The number of rotatable bonds is 4. The first-order valence-corrected chi connectivity index (χ1v) is 6.02. The molecule has 0 bridgehead atoms. The number of allylic oxidation sites excluding steroid dienone is 1. The third kappa shape index (κ3) is 2.13. The van der Waals surface area contributed by atoms with E-state index in [4.69, 9.17) is 5.73 Å².